The molecule has 0 aliphatic rings. The minimum Gasteiger partial charge on any atom is -0.383 e. The quantitative estimate of drug-likeness (QED) is 0.513. The Morgan fingerprint density at radius 3 is 2.88 bits per heavy atom. The Morgan fingerprint density at radius 1 is 1.41 bits per heavy atom. The third-order valence-electron chi connectivity index (χ3n) is 1.90. The monoisotopic (exact) mass is 241 g/mol. The van der Waals surface area contributed by atoms with Crippen molar-refractivity contribution in [3.05, 3.63) is 12.2 Å². The minimum absolute atomic E-state index is 0.129. The van der Waals surface area contributed by atoms with Crippen LogP contribution in [0.25, 0.3) is 0 Å². The molecule has 0 saturated carbocycles. The van der Waals surface area contributed by atoms with Crippen LogP contribution in [0.5, 0.6) is 0 Å². The van der Waals surface area contributed by atoms with Crippen LogP contribution in [0.15, 0.2) is 6.33 Å². The van der Waals surface area contributed by atoms with Gasteiger partial charge in [-0.3, -0.25) is 14.7 Å². The Kier molecular flexibility index (Phi) is 5.66. The first kappa shape index (κ1) is 13.1. The van der Waals surface area contributed by atoms with Gasteiger partial charge >= 0.3 is 0 Å². The van der Waals surface area contributed by atoms with E-state index in [1.54, 1.807) is 7.11 Å². The maximum atomic E-state index is 11.4. The zero-order valence-corrected chi connectivity index (χ0v) is 9.52. The van der Waals surface area contributed by atoms with Crippen LogP contribution in [0.1, 0.15) is 17.0 Å². The molecule has 0 spiro atoms. The maximum Gasteiger partial charge on any atom is 0.288 e. The third kappa shape index (κ3) is 5.07. The predicted octanol–water partition coefficient (Wildman–Crippen LogP) is -1.31. The van der Waals surface area contributed by atoms with Crippen molar-refractivity contribution < 1.29 is 14.3 Å². The first-order chi connectivity index (χ1) is 8.24. The molecule has 1 heterocycles. The molecule has 3 N–H and O–H groups in total. The first-order valence-electron chi connectivity index (χ1n) is 5.13. The molecule has 94 valence electrons. The number of H-pyrrole nitrogens is 1. The smallest absolute Gasteiger partial charge is 0.288 e. The van der Waals surface area contributed by atoms with E-state index in [1.165, 1.54) is 6.33 Å². The van der Waals surface area contributed by atoms with Crippen molar-refractivity contribution >= 4 is 11.8 Å². The van der Waals surface area contributed by atoms with Gasteiger partial charge in [-0.25, -0.2) is 4.98 Å². The van der Waals surface area contributed by atoms with Gasteiger partial charge in [-0.1, -0.05) is 0 Å². The van der Waals surface area contributed by atoms with E-state index in [1.807, 2.05) is 0 Å². The van der Waals surface area contributed by atoms with Gasteiger partial charge in [0, 0.05) is 26.6 Å². The molecule has 1 aromatic rings. The number of hydrogen-bond donors (Lipinski definition) is 3. The minimum atomic E-state index is -0.382. The zero-order valence-electron chi connectivity index (χ0n) is 9.52. The highest BCUT2D eigenvalue weighted by molar-refractivity contribution is 5.90. The lowest BCUT2D eigenvalue weighted by atomic mass is 10.4. The number of amides is 2. The average Bonchev–Trinajstić information content (AvgIpc) is 2.82. The summed E-state index contributed by atoms with van der Waals surface area (Å²) in [6.07, 6.45) is 1.45. The van der Waals surface area contributed by atoms with Gasteiger partial charge in [0.2, 0.25) is 11.7 Å². The van der Waals surface area contributed by atoms with E-state index in [0.29, 0.717) is 13.2 Å². The molecule has 1 aromatic heterocycles. The standard InChI is InChI=1S/C9H15N5O3/c1-17-5-4-10-7(15)2-3-11-9(16)8-12-6-13-14-8/h6H,2-5H2,1H3,(H,10,15)(H,11,16)(H,12,13,14). The largest absolute Gasteiger partial charge is 0.383 e. The number of carbonyl (C=O) groups excluding carboxylic acids is 2. The molecule has 17 heavy (non-hydrogen) atoms. The van der Waals surface area contributed by atoms with Crippen LogP contribution in [0.2, 0.25) is 0 Å². The number of carbonyl (C=O) groups is 2. The molecule has 8 nitrogen and oxygen atoms in total. The van der Waals surface area contributed by atoms with Gasteiger partial charge in [-0.05, 0) is 0 Å². The first-order valence-corrected chi connectivity index (χ1v) is 5.13. The number of methoxy groups -OCH3 is 1. The summed E-state index contributed by atoms with van der Waals surface area (Å²) in [6, 6.07) is 0. The second kappa shape index (κ2) is 7.34. The van der Waals surface area contributed by atoms with Gasteiger partial charge in [0.1, 0.15) is 6.33 Å². The van der Waals surface area contributed by atoms with Crippen molar-refractivity contribution in [3.63, 3.8) is 0 Å². The topological polar surface area (TPSA) is 109 Å². The Labute approximate surface area is 98.1 Å². The zero-order chi connectivity index (χ0) is 12.5. The van der Waals surface area contributed by atoms with Gasteiger partial charge in [0.15, 0.2) is 0 Å². The number of nitrogens with zero attached hydrogens (tertiary/aromatic N) is 2. The van der Waals surface area contributed by atoms with Crippen LogP contribution >= 0.6 is 0 Å². The van der Waals surface area contributed by atoms with E-state index in [2.05, 4.69) is 25.8 Å². The number of hydrogen-bond acceptors (Lipinski definition) is 5. The van der Waals surface area contributed by atoms with Crippen molar-refractivity contribution in [2.45, 2.75) is 6.42 Å². The average molecular weight is 241 g/mol. The second-order valence-corrected chi connectivity index (χ2v) is 3.18. The lowest BCUT2D eigenvalue weighted by Crippen LogP contribution is -2.32. The molecule has 2 amide bonds. The molecule has 0 saturated heterocycles. The van der Waals surface area contributed by atoms with Crippen molar-refractivity contribution in [2.75, 3.05) is 26.8 Å². The predicted molar refractivity (Wildman–Crippen MR) is 58.2 cm³/mol. The fourth-order valence-electron chi connectivity index (χ4n) is 1.07. The van der Waals surface area contributed by atoms with Crippen LogP contribution in [0.3, 0.4) is 0 Å². The molecular formula is C9H15N5O3. The molecule has 8 heteroatoms. The van der Waals surface area contributed by atoms with Gasteiger partial charge in [-0.15, -0.1) is 0 Å². The van der Waals surface area contributed by atoms with Gasteiger partial charge in [-0.2, -0.15) is 5.10 Å². The van der Waals surface area contributed by atoms with Crippen LogP contribution < -0.4 is 10.6 Å². The molecule has 0 bridgehead atoms. The summed E-state index contributed by atoms with van der Waals surface area (Å²) >= 11 is 0. The fourth-order valence-corrected chi connectivity index (χ4v) is 1.07. The molecule has 0 radical (unpaired) electrons. The Hall–Kier alpha value is -1.96. The van der Waals surface area contributed by atoms with Gasteiger partial charge in [0.25, 0.3) is 5.91 Å². The lowest BCUT2D eigenvalue weighted by Gasteiger charge is -2.04. The van der Waals surface area contributed by atoms with E-state index in [9.17, 15) is 9.59 Å². The third-order valence-corrected chi connectivity index (χ3v) is 1.90. The van der Waals surface area contributed by atoms with E-state index >= 15 is 0 Å². The number of aromatic amines is 1. The normalized spacial score (nSPS) is 9.94. The van der Waals surface area contributed by atoms with Crippen LogP contribution in [-0.4, -0.2) is 53.8 Å². The molecule has 0 fully saturated rings. The van der Waals surface area contributed by atoms with E-state index in [0.717, 1.165) is 0 Å². The number of rotatable bonds is 7. The molecule has 0 atom stereocenters. The highest BCUT2D eigenvalue weighted by atomic mass is 16.5. The van der Waals surface area contributed by atoms with Crippen LogP contribution in [0.4, 0.5) is 0 Å². The number of aromatic nitrogens is 3. The summed E-state index contributed by atoms with van der Waals surface area (Å²) in [5.41, 5.74) is 0. The molecule has 0 unspecified atom stereocenters. The molecular weight excluding hydrogens is 226 g/mol. The number of ether oxygens (including phenoxy) is 1. The Balaban J connectivity index is 2.11. The summed E-state index contributed by atoms with van der Waals surface area (Å²) in [5.74, 6) is -0.392. The highest BCUT2D eigenvalue weighted by Crippen LogP contribution is 1.85. The Bertz CT molecular complexity index is 352. The van der Waals surface area contributed by atoms with Crippen molar-refractivity contribution in [1.29, 1.82) is 0 Å². The van der Waals surface area contributed by atoms with Crippen LogP contribution in [-0.2, 0) is 9.53 Å². The Morgan fingerprint density at radius 2 is 2.24 bits per heavy atom. The van der Waals surface area contributed by atoms with Gasteiger partial charge in [0.05, 0.1) is 6.61 Å². The van der Waals surface area contributed by atoms with Gasteiger partial charge < -0.3 is 15.4 Å². The summed E-state index contributed by atoms with van der Waals surface area (Å²) in [7, 11) is 1.56. The number of nitrogens with one attached hydrogen (secondary N) is 3. The van der Waals surface area contributed by atoms with Crippen molar-refractivity contribution in [3.8, 4) is 0 Å². The lowest BCUT2D eigenvalue weighted by molar-refractivity contribution is -0.121. The summed E-state index contributed by atoms with van der Waals surface area (Å²) < 4.78 is 4.78. The summed E-state index contributed by atoms with van der Waals surface area (Å²) in [6.45, 7) is 1.18. The van der Waals surface area contributed by atoms with E-state index < -0.39 is 0 Å². The van der Waals surface area contributed by atoms with Crippen LogP contribution in [0, 0.1) is 0 Å². The van der Waals surface area contributed by atoms with E-state index in [4.69, 9.17) is 4.74 Å². The summed E-state index contributed by atoms with van der Waals surface area (Å²) in [5, 5.41) is 11.2. The molecule has 1 rings (SSSR count). The molecule has 0 aliphatic carbocycles. The van der Waals surface area contributed by atoms with E-state index in [-0.39, 0.29) is 30.6 Å². The highest BCUT2D eigenvalue weighted by Gasteiger charge is 2.08. The van der Waals surface area contributed by atoms with Crippen molar-refractivity contribution in [2.24, 2.45) is 0 Å². The summed E-state index contributed by atoms with van der Waals surface area (Å²) in [4.78, 5) is 26.3. The molecule has 0 aromatic carbocycles. The SMILES string of the molecule is COCCNC(=O)CCNC(=O)c1ncn[nH]1. The maximum absolute atomic E-state index is 11.4. The molecule has 0 aliphatic heterocycles. The second-order valence-electron chi connectivity index (χ2n) is 3.18. The fraction of sp³-hybridized carbons (Fsp3) is 0.556. The van der Waals surface area contributed by atoms with Crippen molar-refractivity contribution in [1.82, 2.24) is 25.8 Å².